The SMILES string of the molecule is CC(C(=NNC=O)c1ccc(Br)nc1)n1ccc(C(F)(F)F)n1. The monoisotopic (exact) mass is 389 g/mol. The fraction of sp³-hybridized carbons (Fsp3) is 0.231. The van der Waals surface area contributed by atoms with Crippen LogP contribution >= 0.6 is 15.9 Å². The maximum Gasteiger partial charge on any atom is 0.435 e. The van der Waals surface area contributed by atoms with Crippen LogP contribution in [0.2, 0.25) is 0 Å². The first kappa shape index (κ1) is 17.1. The molecule has 2 aromatic rings. The Labute approximate surface area is 137 Å². The predicted molar refractivity (Wildman–Crippen MR) is 79.6 cm³/mol. The van der Waals surface area contributed by atoms with Crippen LogP contribution in [-0.4, -0.2) is 26.9 Å². The van der Waals surface area contributed by atoms with Gasteiger partial charge in [-0.15, -0.1) is 0 Å². The van der Waals surface area contributed by atoms with Gasteiger partial charge in [0.1, 0.15) is 4.60 Å². The van der Waals surface area contributed by atoms with E-state index in [9.17, 15) is 18.0 Å². The molecule has 122 valence electrons. The van der Waals surface area contributed by atoms with Gasteiger partial charge in [-0.25, -0.2) is 10.4 Å². The third-order valence-corrected chi connectivity index (χ3v) is 3.42. The summed E-state index contributed by atoms with van der Waals surface area (Å²) in [7, 11) is 0. The molecule has 10 heteroatoms. The number of amides is 1. The van der Waals surface area contributed by atoms with Crippen LogP contribution < -0.4 is 5.43 Å². The van der Waals surface area contributed by atoms with Crippen LogP contribution in [0, 0.1) is 0 Å². The molecule has 0 radical (unpaired) electrons. The average Bonchev–Trinajstić information content (AvgIpc) is 2.99. The Morgan fingerprint density at radius 2 is 2.17 bits per heavy atom. The largest absolute Gasteiger partial charge is 0.435 e. The zero-order chi connectivity index (χ0) is 17.0. The number of aromatic nitrogens is 3. The summed E-state index contributed by atoms with van der Waals surface area (Å²) in [5.41, 5.74) is 2.01. The Balaban J connectivity index is 2.37. The molecule has 0 aliphatic carbocycles. The molecule has 0 saturated carbocycles. The molecule has 1 amide bonds. The lowest BCUT2D eigenvalue weighted by atomic mass is 10.1. The molecule has 0 aliphatic heterocycles. The van der Waals surface area contributed by atoms with E-state index in [0.29, 0.717) is 22.3 Å². The van der Waals surface area contributed by atoms with Gasteiger partial charge in [-0.3, -0.25) is 9.48 Å². The van der Waals surface area contributed by atoms with Crippen molar-refractivity contribution in [2.45, 2.75) is 19.1 Å². The number of alkyl halides is 3. The summed E-state index contributed by atoms with van der Waals surface area (Å²) in [6.07, 6.45) is -1.47. The van der Waals surface area contributed by atoms with Crippen LogP contribution in [0.5, 0.6) is 0 Å². The molecule has 23 heavy (non-hydrogen) atoms. The van der Waals surface area contributed by atoms with Gasteiger partial charge in [0.25, 0.3) is 0 Å². The summed E-state index contributed by atoms with van der Waals surface area (Å²) >= 11 is 3.19. The molecular weight excluding hydrogens is 379 g/mol. The minimum atomic E-state index is -4.53. The Morgan fingerprint density at radius 1 is 1.43 bits per heavy atom. The molecule has 0 aliphatic rings. The van der Waals surface area contributed by atoms with Crippen molar-refractivity contribution in [3.05, 3.63) is 46.5 Å². The van der Waals surface area contributed by atoms with Crippen molar-refractivity contribution < 1.29 is 18.0 Å². The lowest BCUT2D eigenvalue weighted by Crippen LogP contribution is -2.22. The first-order valence-corrected chi connectivity index (χ1v) is 7.13. The second-order valence-corrected chi connectivity index (χ2v) is 5.28. The van der Waals surface area contributed by atoms with Gasteiger partial charge in [-0.1, -0.05) is 0 Å². The van der Waals surface area contributed by atoms with E-state index in [1.165, 1.54) is 12.4 Å². The molecule has 1 N–H and O–H groups in total. The molecule has 2 heterocycles. The average molecular weight is 390 g/mol. The van der Waals surface area contributed by atoms with Crippen LogP contribution in [0.1, 0.15) is 24.2 Å². The van der Waals surface area contributed by atoms with Gasteiger partial charge in [0.05, 0.1) is 11.8 Å². The molecule has 2 aromatic heterocycles. The normalized spacial score (nSPS) is 13.7. The van der Waals surface area contributed by atoms with E-state index >= 15 is 0 Å². The fourth-order valence-electron chi connectivity index (χ4n) is 1.85. The topological polar surface area (TPSA) is 72.2 Å². The Bertz CT molecular complexity index is 711. The summed E-state index contributed by atoms with van der Waals surface area (Å²) < 4.78 is 39.7. The number of hydrogen-bond acceptors (Lipinski definition) is 4. The van der Waals surface area contributed by atoms with Gasteiger partial charge < -0.3 is 0 Å². The van der Waals surface area contributed by atoms with Crippen molar-refractivity contribution in [3.63, 3.8) is 0 Å². The number of carbonyl (C=O) groups excluding carboxylic acids is 1. The number of hydrazone groups is 1. The summed E-state index contributed by atoms with van der Waals surface area (Å²) in [4.78, 5) is 14.5. The molecule has 2 rings (SSSR count). The highest BCUT2D eigenvalue weighted by molar-refractivity contribution is 9.10. The summed E-state index contributed by atoms with van der Waals surface area (Å²) in [5, 5.41) is 7.41. The van der Waals surface area contributed by atoms with E-state index in [1.54, 1.807) is 19.1 Å². The van der Waals surface area contributed by atoms with Crippen molar-refractivity contribution in [2.75, 3.05) is 0 Å². The number of rotatable bonds is 5. The third kappa shape index (κ3) is 4.15. The van der Waals surface area contributed by atoms with E-state index in [-0.39, 0.29) is 0 Å². The second kappa shape index (κ2) is 6.90. The van der Waals surface area contributed by atoms with E-state index in [1.807, 2.05) is 0 Å². The molecule has 0 fully saturated rings. The zero-order valence-corrected chi connectivity index (χ0v) is 13.3. The number of nitrogens with zero attached hydrogens (tertiary/aromatic N) is 4. The first-order valence-electron chi connectivity index (χ1n) is 6.34. The standard InChI is InChI=1S/C13H11BrF3N5O/c1-8(22-5-4-10(21-22)13(15,16)17)12(20-19-7-23)9-2-3-11(14)18-6-9/h2-8H,1H3,(H,19,23). The highest BCUT2D eigenvalue weighted by Crippen LogP contribution is 2.28. The van der Waals surface area contributed by atoms with E-state index < -0.39 is 17.9 Å². The summed E-state index contributed by atoms with van der Waals surface area (Å²) in [6, 6.07) is 3.55. The van der Waals surface area contributed by atoms with E-state index in [0.717, 1.165) is 10.7 Å². The van der Waals surface area contributed by atoms with Crippen molar-refractivity contribution in [1.29, 1.82) is 0 Å². The highest BCUT2D eigenvalue weighted by atomic mass is 79.9. The second-order valence-electron chi connectivity index (χ2n) is 4.47. The smallest absolute Gasteiger partial charge is 0.277 e. The molecule has 0 spiro atoms. The third-order valence-electron chi connectivity index (χ3n) is 2.95. The van der Waals surface area contributed by atoms with Gasteiger partial charge in [-0.2, -0.15) is 23.4 Å². The predicted octanol–water partition coefficient (Wildman–Crippen LogP) is 2.77. The van der Waals surface area contributed by atoms with Gasteiger partial charge in [0.15, 0.2) is 5.69 Å². The number of carbonyl (C=O) groups is 1. The summed E-state index contributed by atoms with van der Waals surface area (Å²) in [6.45, 7) is 1.61. The van der Waals surface area contributed by atoms with Gasteiger partial charge in [0, 0.05) is 18.0 Å². The quantitative estimate of drug-likeness (QED) is 0.369. The molecule has 0 bridgehead atoms. The molecule has 1 unspecified atom stereocenters. The minimum absolute atomic E-state index is 0.314. The van der Waals surface area contributed by atoms with Crippen molar-refractivity contribution in [3.8, 4) is 0 Å². The van der Waals surface area contributed by atoms with Crippen LogP contribution in [0.3, 0.4) is 0 Å². The van der Waals surface area contributed by atoms with Gasteiger partial charge >= 0.3 is 6.18 Å². The van der Waals surface area contributed by atoms with Crippen LogP contribution in [0.15, 0.2) is 40.3 Å². The maximum absolute atomic E-state index is 12.7. The Morgan fingerprint density at radius 3 is 2.70 bits per heavy atom. The lowest BCUT2D eigenvalue weighted by molar-refractivity contribution is -0.141. The molecular formula is C13H11BrF3N5O. The molecule has 0 aromatic carbocycles. The van der Waals surface area contributed by atoms with Crippen molar-refractivity contribution in [1.82, 2.24) is 20.2 Å². The van der Waals surface area contributed by atoms with Crippen LogP contribution in [0.25, 0.3) is 0 Å². The minimum Gasteiger partial charge on any atom is -0.277 e. The van der Waals surface area contributed by atoms with Crippen molar-refractivity contribution >= 4 is 28.1 Å². The Hall–Kier alpha value is -2.23. The molecule has 0 saturated heterocycles. The maximum atomic E-state index is 12.7. The van der Waals surface area contributed by atoms with Gasteiger partial charge in [0.2, 0.25) is 6.41 Å². The number of nitrogens with one attached hydrogen (secondary N) is 1. The highest BCUT2D eigenvalue weighted by Gasteiger charge is 2.34. The van der Waals surface area contributed by atoms with Crippen molar-refractivity contribution in [2.24, 2.45) is 5.10 Å². The van der Waals surface area contributed by atoms with Crippen LogP contribution in [-0.2, 0) is 11.0 Å². The molecule has 1 atom stereocenters. The number of pyridine rings is 1. The lowest BCUT2D eigenvalue weighted by Gasteiger charge is -2.15. The van der Waals surface area contributed by atoms with Gasteiger partial charge in [-0.05, 0) is 41.1 Å². The fourth-order valence-corrected chi connectivity index (χ4v) is 2.09. The summed E-state index contributed by atoms with van der Waals surface area (Å²) in [5.74, 6) is 0. The van der Waals surface area contributed by atoms with Crippen LogP contribution in [0.4, 0.5) is 13.2 Å². The number of hydrogen-bond donors (Lipinski definition) is 1. The zero-order valence-electron chi connectivity index (χ0n) is 11.8. The van der Waals surface area contributed by atoms with E-state index in [2.05, 4.69) is 36.5 Å². The number of halogens is 4. The van der Waals surface area contributed by atoms with E-state index in [4.69, 9.17) is 0 Å². The first-order chi connectivity index (χ1) is 10.8. The molecule has 6 nitrogen and oxygen atoms in total. The Kier molecular flexibility index (Phi) is 5.14.